The Bertz CT molecular complexity index is 647. The first-order valence-corrected chi connectivity index (χ1v) is 8.14. The highest BCUT2D eigenvalue weighted by atomic mass is 32.2. The van der Waals surface area contributed by atoms with Crippen molar-refractivity contribution in [2.75, 3.05) is 13.1 Å². The molecule has 20 heavy (non-hydrogen) atoms. The first-order valence-electron chi connectivity index (χ1n) is 5.89. The van der Waals surface area contributed by atoms with E-state index in [4.69, 9.17) is 0 Å². The Morgan fingerprint density at radius 2 is 2.05 bits per heavy atom. The first kappa shape index (κ1) is 15.5. The van der Waals surface area contributed by atoms with Gasteiger partial charge < -0.3 is 4.98 Å². The van der Waals surface area contributed by atoms with Crippen molar-refractivity contribution in [1.29, 1.82) is 0 Å². The maximum absolute atomic E-state index is 12.7. The predicted octanol–water partition coefficient (Wildman–Crippen LogP) is 1.71. The fourth-order valence-corrected chi connectivity index (χ4v) is 5.14. The quantitative estimate of drug-likeness (QED) is 0.897. The van der Waals surface area contributed by atoms with Gasteiger partial charge in [-0.15, -0.1) is 0 Å². The Hall–Kier alpha value is -0.870. The van der Waals surface area contributed by atoms with Gasteiger partial charge in [-0.05, 0) is 19.8 Å². The monoisotopic (exact) mass is 330 g/mol. The van der Waals surface area contributed by atoms with E-state index in [0.717, 1.165) is 4.31 Å². The maximum Gasteiger partial charge on any atom is 0.393 e. The molecular formula is C10H13F3N2O3S2. The first-order chi connectivity index (χ1) is 9.12. The van der Waals surface area contributed by atoms with Crippen LogP contribution in [0.1, 0.15) is 18.5 Å². The van der Waals surface area contributed by atoms with Crippen molar-refractivity contribution in [3.63, 3.8) is 0 Å². The molecule has 0 aromatic carbocycles. The summed E-state index contributed by atoms with van der Waals surface area (Å²) < 4.78 is 63.4. The van der Waals surface area contributed by atoms with Gasteiger partial charge >= 0.3 is 11.0 Å². The number of sulfonamides is 1. The minimum absolute atomic E-state index is 0.0421. The third kappa shape index (κ3) is 2.91. The van der Waals surface area contributed by atoms with Crippen LogP contribution in [-0.4, -0.2) is 37.0 Å². The molecule has 5 nitrogen and oxygen atoms in total. The van der Waals surface area contributed by atoms with Crippen molar-refractivity contribution >= 4 is 21.4 Å². The zero-order valence-corrected chi connectivity index (χ0v) is 12.2. The topological polar surface area (TPSA) is 70.2 Å². The van der Waals surface area contributed by atoms with Crippen molar-refractivity contribution in [2.45, 2.75) is 30.2 Å². The number of H-pyrrole nitrogens is 1. The number of nitrogens with one attached hydrogen (secondary N) is 1. The van der Waals surface area contributed by atoms with Crippen LogP contribution in [0.2, 0.25) is 0 Å². The van der Waals surface area contributed by atoms with Gasteiger partial charge in [-0.1, -0.05) is 11.3 Å². The molecule has 1 aromatic rings. The van der Waals surface area contributed by atoms with Crippen LogP contribution in [0.3, 0.4) is 0 Å². The molecule has 0 spiro atoms. The van der Waals surface area contributed by atoms with Crippen molar-refractivity contribution in [1.82, 2.24) is 9.29 Å². The van der Waals surface area contributed by atoms with Gasteiger partial charge in [0, 0.05) is 18.8 Å². The van der Waals surface area contributed by atoms with Crippen LogP contribution in [0.15, 0.2) is 9.00 Å². The van der Waals surface area contributed by atoms with Gasteiger partial charge in [0.2, 0.25) is 0 Å². The van der Waals surface area contributed by atoms with Crippen LogP contribution in [-0.2, 0) is 10.0 Å². The number of aryl methyl sites for hydroxylation is 1. The summed E-state index contributed by atoms with van der Waals surface area (Å²) in [6, 6.07) is 0. The zero-order chi connectivity index (χ0) is 15.1. The highest BCUT2D eigenvalue weighted by Gasteiger charge is 2.44. The van der Waals surface area contributed by atoms with Crippen LogP contribution < -0.4 is 4.87 Å². The molecule has 1 aliphatic heterocycles. The van der Waals surface area contributed by atoms with E-state index in [-0.39, 0.29) is 29.3 Å². The van der Waals surface area contributed by atoms with Gasteiger partial charge in [0.05, 0.1) is 5.92 Å². The van der Waals surface area contributed by atoms with Gasteiger partial charge in [0.25, 0.3) is 10.0 Å². The molecule has 0 saturated carbocycles. The lowest BCUT2D eigenvalue weighted by Crippen LogP contribution is -2.44. The zero-order valence-electron chi connectivity index (χ0n) is 10.5. The van der Waals surface area contributed by atoms with Crippen LogP contribution >= 0.6 is 11.3 Å². The summed E-state index contributed by atoms with van der Waals surface area (Å²) >= 11 is 0.502. The minimum Gasteiger partial charge on any atom is -0.315 e. The molecule has 1 saturated heterocycles. The number of rotatable bonds is 2. The molecule has 0 amide bonds. The number of nitrogens with zero attached hydrogens (tertiary/aromatic N) is 1. The van der Waals surface area contributed by atoms with Gasteiger partial charge in [-0.3, -0.25) is 4.79 Å². The molecule has 2 heterocycles. The SMILES string of the molecule is Cc1[nH]c(=O)sc1S(=O)(=O)N1CCCC(C(F)(F)F)C1. The maximum atomic E-state index is 12.7. The van der Waals surface area contributed by atoms with Crippen LogP contribution in [0.25, 0.3) is 0 Å². The molecule has 2 rings (SSSR count). The molecular weight excluding hydrogens is 317 g/mol. The number of thiazole rings is 1. The van der Waals surface area contributed by atoms with E-state index in [0.29, 0.717) is 11.3 Å². The second-order valence-corrected chi connectivity index (χ2v) is 7.79. The van der Waals surface area contributed by atoms with E-state index in [1.807, 2.05) is 0 Å². The van der Waals surface area contributed by atoms with Gasteiger partial charge in [0.15, 0.2) is 4.21 Å². The van der Waals surface area contributed by atoms with Gasteiger partial charge in [0.1, 0.15) is 0 Å². The Balaban J connectivity index is 2.31. The Kier molecular flexibility index (Phi) is 4.00. The molecule has 114 valence electrons. The van der Waals surface area contributed by atoms with E-state index in [1.165, 1.54) is 6.92 Å². The lowest BCUT2D eigenvalue weighted by molar-refractivity contribution is -0.182. The number of hydrogen-bond acceptors (Lipinski definition) is 4. The summed E-state index contributed by atoms with van der Waals surface area (Å²) in [5, 5.41) is 0. The van der Waals surface area contributed by atoms with E-state index in [1.54, 1.807) is 0 Å². The number of aromatic nitrogens is 1. The average molecular weight is 330 g/mol. The molecule has 10 heteroatoms. The van der Waals surface area contributed by atoms with Crippen LogP contribution in [0.5, 0.6) is 0 Å². The van der Waals surface area contributed by atoms with Crippen LogP contribution in [0.4, 0.5) is 13.2 Å². The lowest BCUT2D eigenvalue weighted by atomic mass is 9.99. The lowest BCUT2D eigenvalue weighted by Gasteiger charge is -2.32. The molecule has 0 bridgehead atoms. The third-order valence-electron chi connectivity index (χ3n) is 3.20. The second kappa shape index (κ2) is 5.15. The number of piperidine rings is 1. The summed E-state index contributed by atoms with van der Waals surface area (Å²) in [6.07, 6.45) is -4.33. The standard InChI is InChI=1S/C10H13F3N2O3S2/c1-6-8(19-9(16)14-6)20(17,18)15-4-2-3-7(5-15)10(11,12)13/h7H,2-5H2,1H3,(H,14,16). The van der Waals surface area contributed by atoms with Gasteiger partial charge in [-0.25, -0.2) is 8.42 Å². The molecule has 1 N–H and O–H groups in total. The van der Waals surface area contributed by atoms with E-state index < -0.39 is 33.5 Å². The van der Waals surface area contributed by atoms with Crippen molar-refractivity contribution in [3.8, 4) is 0 Å². The van der Waals surface area contributed by atoms with E-state index in [2.05, 4.69) is 4.98 Å². The number of alkyl halides is 3. The van der Waals surface area contributed by atoms with Crippen LogP contribution in [0, 0.1) is 12.8 Å². The second-order valence-electron chi connectivity index (χ2n) is 4.67. The van der Waals surface area contributed by atoms with Crippen molar-refractivity contribution in [2.24, 2.45) is 5.92 Å². The third-order valence-corrected chi connectivity index (χ3v) is 6.65. The molecule has 0 radical (unpaired) electrons. The summed E-state index contributed by atoms with van der Waals surface area (Å²) in [7, 11) is -4.04. The molecule has 0 aliphatic carbocycles. The van der Waals surface area contributed by atoms with Crippen molar-refractivity contribution < 1.29 is 21.6 Å². The Labute approximate surface area is 117 Å². The smallest absolute Gasteiger partial charge is 0.315 e. The molecule has 1 fully saturated rings. The predicted molar refractivity (Wildman–Crippen MR) is 67.2 cm³/mol. The molecule has 1 aliphatic rings. The molecule has 1 unspecified atom stereocenters. The fourth-order valence-electron chi connectivity index (χ4n) is 2.18. The Morgan fingerprint density at radius 3 is 2.55 bits per heavy atom. The number of halogens is 3. The van der Waals surface area contributed by atoms with E-state index in [9.17, 15) is 26.4 Å². The minimum atomic E-state index is -4.41. The largest absolute Gasteiger partial charge is 0.393 e. The summed E-state index contributed by atoms with van der Waals surface area (Å²) in [6.45, 7) is 0.869. The number of hydrogen-bond donors (Lipinski definition) is 1. The number of aromatic amines is 1. The van der Waals surface area contributed by atoms with Gasteiger partial charge in [-0.2, -0.15) is 17.5 Å². The Morgan fingerprint density at radius 1 is 1.40 bits per heavy atom. The molecule has 1 aromatic heterocycles. The molecule has 1 atom stereocenters. The normalized spacial score (nSPS) is 22.1. The summed E-state index contributed by atoms with van der Waals surface area (Å²) in [5.41, 5.74) is 0.161. The fraction of sp³-hybridized carbons (Fsp3) is 0.700. The highest BCUT2D eigenvalue weighted by molar-refractivity contribution is 7.91. The highest BCUT2D eigenvalue weighted by Crippen LogP contribution is 2.35. The average Bonchev–Trinajstić information content (AvgIpc) is 2.68. The van der Waals surface area contributed by atoms with E-state index >= 15 is 0 Å². The summed E-state index contributed by atoms with van der Waals surface area (Å²) in [5.74, 6) is -1.65. The van der Waals surface area contributed by atoms with Crippen molar-refractivity contribution in [3.05, 3.63) is 15.4 Å². The summed E-state index contributed by atoms with van der Waals surface area (Å²) in [4.78, 5) is 13.0.